The van der Waals surface area contributed by atoms with Gasteiger partial charge in [0.25, 0.3) is 0 Å². The van der Waals surface area contributed by atoms with Gasteiger partial charge in [-0.3, -0.25) is 0 Å². The highest BCUT2D eigenvalue weighted by Gasteiger charge is 2.34. The summed E-state index contributed by atoms with van der Waals surface area (Å²) in [6, 6.07) is 2.78. The molecule has 1 heterocycles. The summed E-state index contributed by atoms with van der Waals surface area (Å²) in [4.78, 5) is 0. The van der Waals surface area contributed by atoms with Crippen LogP contribution in [0.1, 0.15) is 13.8 Å². The van der Waals surface area contributed by atoms with Gasteiger partial charge in [-0.1, -0.05) is 40.0 Å². The quantitative estimate of drug-likeness (QED) is 0.715. The van der Waals surface area contributed by atoms with Gasteiger partial charge < -0.3 is 9.13 Å². The SMILES string of the molecule is CC[Si](C)(C)N1CCN([Si](C)(C)CC)CC1. The van der Waals surface area contributed by atoms with Crippen molar-refractivity contribution in [1.29, 1.82) is 0 Å². The molecule has 0 radical (unpaired) electrons. The average Bonchev–Trinajstić information content (AvgIpc) is 2.29. The van der Waals surface area contributed by atoms with Gasteiger partial charge in [-0.25, -0.2) is 0 Å². The Morgan fingerprint density at radius 3 is 1.12 bits per heavy atom. The van der Waals surface area contributed by atoms with Crippen LogP contribution in [-0.2, 0) is 0 Å². The van der Waals surface area contributed by atoms with Crippen LogP contribution in [0.4, 0.5) is 0 Å². The lowest BCUT2D eigenvalue weighted by atomic mass is 10.4. The summed E-state index contributed by atoms with van der Waals surface area (Å²) in [5.74, 6) is 0. The summed E-state index contributed by atoms with van der Waals surface area (Å²) in [6.07, 6.45) is 0. The molecule has 0 bridgehead atoms. The van der Waals surface area contributed by atoms with Gasteiger partial charge in [-0.15, -0.1) is 0 Å². The Hall–Kier alpha value is 0.354. The lowest BCUT2D eigenvalue weighted by Crippen LogP contribution is -2.62. The molecule has 0 aromatic carbocycles. The van der Waals surface area contributed by atoms with Crippen molar-refractivity contribution >= 4 is 16.5 Å². The minimum atomic E-state index is -1.05. The van der Waals surface area contributed by atoms with E-state index in [1.807, 2.05) is 0 Å². The van der Waals surface area contributed by atoms with E-state index in [2.05, 4.69) is 49.2 Å². The van der Waals surface area contributed by atoms with Crippen LogP contribution in [0.2, 0.25) is 38.3 Å². The molecular formula is C12H30N2Si2. The average molecular weight is 259 g/mol. The third-order valence-electron chi connectivity index (χ3n) is 4.72. The molecule has 0 saturated carbocycles. The molecule has 0 aromatic rings. The Morgan fingerprint density at radius 1 is 0.688 bits per heavy atom. The Kier molecular flexibility index (Phi) is 4.81. The summed E-state index contributed by atoms with van der Waals surface area (Å²) in [6.45, 7) is 20.1. The summed E-state index contributed by atoms with van der Waals surface area (Å²) in [5, 5.41) is 0. The Morgan fingerprint density at radius 2 is 0.938 bits per heavy atom. The van der Waals surface area contributed by atoms with E-state index in [0.29, 0.717) is 0 Å². The van der Waals surface area contributed by atoms with E-state index >= 15 is 0 Å². The highest BCUT2D eigenvalue weighted by molar-refractivity contribution is 6.75. The first-order chi connectivity index (χ1) is 7.33. The van der Waals surface area contributed by atoms with Crippen LogP contribution in [0.25, 0.3) is 0 Å². The van der Waals surface area contributed by atoms with Crippen molar-refractivity contribution in [1.82, 2.24) is 9.13 Å². The topological polar surface area (TPSA) is 6.48 Å². The van der Waals surface area contributed by atoms with Crippen molar-refractivity contribution in [3.8, 4) is 0 Å². The zero-order valence-corrected chi connectivity index (χ0v) is 14.1. The highest BCUT2D eigenvalue weighted by Crippen LogP contribution is 2.21. The van der Waals surface area contributed by atoms with Gasteiger partial charge in [0.2, 0.25) is 0 Å². The molecule has 96 valence electrons. The molecule has 2 nitrogen and oxygen atoms in total. The molecule has 0 spiro atoms. The van der Waals surface area contributed by atoms with Gasteiger partial charge >= 0.3 is 0 Å². The second-order valence-electron chi connectivity index (χ2n) is 6.31. The number of nitrogens with zero attached hydrogens (tertiary/aromatic N) is 2. The number of piperazine rings is 1. The van der Waals surface area contributed by atoms with Crippen LogP contribution in [-0.4, -0.2) is 51.8 Å². The summed E-state index contributed by atoms with van der Waals surface area (Å²) in [5.41, 5.74) is 0. The maximum atomic E-state index is 2.81. The molecule has 0 N–H and O–H groups in total. The molecule has 1 rings (SSSR count). The lowest BCUT2D eigenvalue weighted by molar-refractivity contribution is 0.261. The molecule has 4 heteroatoms. The van der Waals surface area contributed by atoms with E-state index in [1.54, 1.807) is 0 Å². The third kappa shape index (κ3) is 3.18. The van der Waals surface area contributed by atoms with Crippen LogP contribution < -0.4 is 0 Å². The van der Waals surface area contributed by atoms with Crippen molar-refractivity contribution in [2.75, 3.05) is 26.2 Å². The fourth-order valence-electron chi connectivity index (χ4n) is 2.36. The smallest absolute Gasteiger partial charge is 0.122 e. The molecular weight excluding hydrogens is 228 g/mol. The lowest BCUT2D eigenvalue weighted by Gasteiger charge is -2.47. The fourth-order valence-corrected chi connectivity index (χ4v) is 6.08. The van der Waals surface area contributed by atoms with E-state index < -0.39 is 16.5 Å². The third-order valence-corrected chi connectivity index (χ3v) is 12.5. The molecule has 0 atom stereocenters. The molecule has 0 aromatic heterocycles. The van der Waals surface area contributed by atoms with Gasteiger partial charge in [0.1, 0.15) is 16.5 Å². The zero-order chi connectivity index (χ0) is 12.4. The molecule has 16 heavy (non-hydrogen) atoms. The molecule has 1 fully saturated rings. The zero-order valence-electron chi connectivity index (χ0n) is 12.1. The summed E-state index contributed by atoms with van der Waals surface area (Å²) >= 11 is 0. The summed E-state index contributed by atoms with van der Waals surface area (Å²) < 4.78 is 5.62. The number of hydrogen-bond donors (Lipinski definition) is 0. The van der Waals surface area contributed by atoms with Crippen molar-refractivity contribution in [3.63, 3.8) is 0 Å². The van der Waals surface area contributed by atoms with E-state index in [4.69, 9.17) is 0 Å². The highest BCUT2D eigenvalue weighted by atomic mass is 28.3. The van der Waals surface area contributed by atoms with Crippen LogP contribution in [0, 0.1) is 0 Å². The standard InChI is InChI=1S/C12H30N2Si2/c1-7-15(3,4)13-9-11-14(12-10-13)16(5,6)8-2/h7-12H2,1-6H3. The molecule has 1 aliphatic heterocycles. The molecule has 0 aliphatic carbocycles. The van der Waals surface area contributed by atoms with Crippen molar-refractivity contribution < 1.29 is 0 Å². The molecule has 0 unspecified atom stereocenters. The van der Waals surface area contributed by atoms with Gasteiger partial charge in [0.05, 0.1) is 0 Å². The second kappa shape index (κ2) is 5.33. The Labute approximate surface area is 104 Å². The maximum Gasteiger partial charge on any atom is 0.122 e. The van der Waals surface area contributed by atoms with Crippen LogP contribution in [0.5, 0.6) is 0 Å². The Balaban J connectivity index is 2.52. The second-order valence-corrected chi connectivity index (χ2v) is 16.2. The molecule has 1 aliphatic rings. The van der Waals surface area contributed by atoms with Gasteiger partial charge in [-0.2, -0.15) is 0 Å². The largest absolute Gasteiger partial charge is 0.321 e. The first-order valence-corrected chi connectivity index (χ1v) is 13.1. The monoisotopic (exact) mass is 258 g/mol. The van der Waals surface area contributed by atoms with Crippen LogP contribution in [0.15, 0.2) is 0 Å². The van der Waals surface area contributed by atoms with Crippen LogP contribution in [0.3, 0.4) is 0 Å². The summed E-state index contributed by atoms with van der Waals surface area (Å²) in [7, 11) is -2.11. The predicted octanol–water partition coefficient (Wildman–Crippen LogP) is 3.05. The van der Waals surface area contributed by atoms with Gasteiger partial charge in [0.15, 0.2) is 0 Å². The van der Waals surface area contributed by atoms with E-state index in [9.17, 15) is 0 Å². The van der Waals surface area contributed by atoms with E-state index in [1.165, 1.54) is 38.3 Å². The number of rotatable bonds is 4. The fraction of sp³-hybridized carbons (Fsp3) is 1.00. The van der Waals surface area contributed by atoms with Crippen molar-refractivity contribution in [3.05, 3.63) is 0 Å². The first kappa shape index (κ1) is 14.4. The van der Waals surface area contributed by atoms with Crippen LogP contribution >= 0.6 is 0 Å². The predicted molar refractivity (Wildman–Crippen MR) is 79.1 cm³/mol. The first-order valence-electron chi connectivity index (χ1n) is 6.83. The molecule has 1 saturated heterocycles. The molecule has 0 amide bonds. The van der Waals surface area contributed by atoms with E-state index in [-0.39, 0.29) is 0 Å². The maximum absolute atomic E-state index is 2.81. The Bertz CT molecular complexity index is 197. The van der Waals surface area contributed by atoms with Crippen molar-refractivity contribution in [2.45, 2.75) is 52.1 Å². The van der Waals surface area contributed by atoms with Gasteiger partial charge in [0, 0.05) is 26.2 Å². The van der Waals surface area contributed by atoms with Gasteiger partial charge in [-0.05, 0) is 12.1 Å². The van der Waals surface area contributed by atoms with Crippen molar-refractivity contribution in [2.24, 2.45) is 0 Å². The normalized spacial score (nSPS) is 21.4. The van der Waals surface area contributed by atoms with E-state index in [0.717, 1.165) is 0 Å². The minimum absolute atomic E-state index is 1.05. The number of hydrogen-bond acceptors (Lipinski definition) is 2. The minimum Gasteiger partial charge on any atom is -0.321 e.